The van der Waals surface area contributed by atoms with Gasteiger partial charge in [0.15, 0.2) is 11.9 Å². The average molecular weight is 350 g/mol. The number of nitrogens with two attached hydrogens (primary N) is 1. The topological polar surface area (TPSA) is 139 Å². The average Bonchev–Trinajstić information content (AvgIpc) is 3.08. The molecule has 1 aliphatic heterocycles. The van der Waals surface area contributed by atoms with Gasteiger partial charge in [-0.3, -0.25) is 19.4 Å². The highest BCUT2D eigenvalue weighted by atomic mass is 16.6. The molecule has 2 aromatic heterocycles. The Bertz CT molecular complexity index is 873. The molecule has 0 unspecified atom stereocenters. The van der Waals surface area contributed by atoms with E-state index in [-0.39, 0.29) is 18.1 Å². The highest BCUT2D eigenvalue weighted by Gasteiger charge is 2.40. The van der Waals surface area contributed by atoms with E-state index >= 15 is 0 Å². The Morgan fingerprint density at radius 1 is 1.44 bits per heavy atom. The van der Waals surface area contributed by atoms with Crippen LogP contribution in [0, 0.1) is 0 Å². The van der Waals surface area contributed by atoms with Gasteiger partial charge < -0.3 is 24.5 Å². The Kier molecular flexibility index (Phi) is 4.45. The van der Waals surface area contributed by atoms with Gasteiger partial charge in [-0.05, 0) is 6.07 Å². The summed E-state index contributed by atoms with van der Waals surface area (Å²) in [6, 6.07) is 1.58. The number of aromatic amines is 1. The van der Waals surface area contributed by atoms with Crippen molar-refractivity contribution >= 4 is 28.9 Å². The third kappa shape index (κ3) is 3.48. The molecule has 1 saturated heterocycles. The summed E-state index contributed by atoms with van der Waals surface area (Å²) in [4.78, 5) is 40.9. The molecule has 3 heterocycles. The highest BCUT2D eigenvalue weighted by molar-refractivity contribution is 5.76. The molecule has 0 saturated carbocycles. The number of nitrogens with one attached hydrogen (secondary N) is 1. The van der Waals surface area contributed by atoms with E-state index in [2.05, 4.69) is 9.97 Å². The fraction of sp³-hybridized carbons (Fsp3) is 0.467. The lowest BCUT2D eigenvalue weighted by molar-refractivity contribution is -0.152. The van der Waals surface area contributed by atoms with Crippen LogP contribution in [0.25, 0.3) is 11.0 Å². The smallest absolute Gasteiger partial charge is 0.303 e. The zero-order chi connectivity index (χ0) is 18.1. The summed E-state index contributed by atoms with van der Waals surface area (Å²) < 4.78 is 17.7. The van der Waals surface area contributed by atoms with E-state index in [0.717, 1.165) is 0 Å². The van der Waals surface area contributed by atoms with Gasteiger partial charge in [-0.25, -0.2) is 0 Å². The summed E-state index contributed by atoms with van der Waals surface area (Å²) in [5, 5.41) is 0.336. The number of H-pyrrole nitrogens is 1. The van der Waals surface area contributed by atoms with E-state index in [0.29, 0.717) is 17.5 Å². The molecule has 134 valence electrons. The maximum absolute atomic E-state index is 12.0. The summed E-state index contributed by atoms with van der Waals surface area (Å²) >= 11 is 0. The van der Waals surface area contributed by atoms with Gasteiger partial charge in [0.05, 0.1) is 11.5 Å². The van der Waals surface area contributed by atoms with E-state index in [4.69, 9.17) is 19.9 Å². The first-order valence-corrected chi connectivity index (χ1v) is 7.67. The number of carbonyl (C=O) groups is 2. The van der Waals surface area contributed by atoms with Crippen molar-refractivity contribution in [2.24, 2.45) is 0 Å². The molecule has 3 atom stereocenters. The molecule has 1 aliphatic rings. The Hall–Kier alpha value is -2.88. The van der Waals surface area contributed by atoms with Crippen LogP contribution < -0.4 is 11.3 Å². The molecule has 1 fully saturated rings. The van der Waals surface area contributed by atoms with Crippen molar-refractivity contribution in [3.05, 3.63) is 22.6 Å². The number of aromatic nitrogens is 3. The minimum absolute atomic E-state index is 0.0315. The Balaban J connectivity index is 1.93. The molecule has 3 N–H and O–H groups in total. The third-order valence-corrected chi connectivity index (χ3v) is 3.81. The van der Waals surface area contributed by atoms with Crippen molar-refractivity contribution in [1.29, 1.82) is 0 Å². The third-order valence-electron chi connectivity index (χ3n) is 3.81. The van der Waals surface area contributed by atoms with Gasteiger partial charge in [0, 0.05) is 26.5 Å². The number of fused-ring (bicyclic) bond motifs is 1. The summed E-state index contributed by atoms with van der Waals surface area (Å²) in [6.45, 7) is 2.64. The number of esters is 2. The number of hydrogen-bond donors (Lipinski definition) is 2. The predicted molar refractivity (Wildman–Crippen MR) is 85.5 cm³/mol. The van der Waals surface area contributed by atoms with Crippen LogP contribution in [0.5, 0.6) is 0 Å². The largest absolute Gasteiger partial charge is 0.463 e. The molecule has 0 bridgehead atoms. The second-order valence-electron chi connectivity index (χ2n) is 5.75. The second-order valence-corrected chi connectivity index (χ2v) is 5.75. The number of rotatable bonds is 4. The first kappa shape index (κ1) is 17.0. The maximum Gasteiger partial charge on any atom is 0.303 e. The quantitative estimate of drug-likeness (QED) is 0.740. The summed E-state index contributed by atoms with van der Waals surface area (Å²) in [5.41, 5.74) is 5.55. The predicted octanol–water partition coefficient (Wildman–Crippen LogP) is 0.0891. The molecule has 10 nitrogen and oxygen atoms in total. The van der Waals surface area contributed by atoms with E-state index in [1.165, 1.54) is 13.8 Å². The number of anilines is 1. The molecule has 3 rings (SSSR count). The van der Waals surface area contributed by atoms with Crippen LogP contribution in [0.2, 0.25) is 0 Å². The molecule has 0 spiro atoms. The number of nitrogens with zero attached hydrogens (tertiary/aromatic N) is 2. The molecule has 25 heavy (non-hydrogen) atoms. The number of ether oxygens (including phenoxy) is 3. The number of nitrogen functional groups attached to an aromatic ring is 1. The zero-order valence-corrected chi connectivity index (χ0v) is 13.7. The van der Waals surface area contributed by atoms with Gasteiger partial charge in [-0.2, -0.15) is 4.98 Å². The Morgan fingerprint density at radius 2 is 2.20 bits per heavy atom. The van der Waals surface area contributed by atoms with Crippen LogP contribution in [0.4, 0.5) is 5.95 Å². The summed E-state index contributed by atoms with van der Waals surface area (Å²) in [5.74, 6) is -0.923. The SMILES string of the molecule is CC(=O)OC[C@@H]1C[C@@H](OC(C)=O)[C@H](n2ccc3c(=O)[nH]c(N)nc32)O1. The van der Waals surface area contributed by atoms with Crippen molar-refractivity contribution < 1.29 is 23.8 Å². The van der Waals surface area contributed by atoms with Gasteiger partial charge in [0.25, 0.3) is 5.56 Å². The van der Waals surface area contributed by atoms with Crippen molar-refractivity contribution in [1.82, 2.24) is 14.5 Å². The second kappa shape index (κ2) is 6.55. The van der Waals surface area contributed by atoms with E-state index < -0.39 is 30.4 Å². The van der Waals surface area contributed by atoms with Crippen molar-refractivity contribution in [3.8, 4) is 0 Å². The molecule has 0 aliphatic carbocycles. The Morgan fingerprint density at radius 3 is 2.88 bits per heavy atom. The highest BCUT2D eigenvalue weighted by Crippen LogP contribution is 2.33. The molecule has 10 heteroatoms. The summed E-state index contributed by atoms with van der Waals surface area (Å²) in [6.07, 6.45) is 0.180. The lowest BCUT2D eigenvalue weighted by Gasteiger charge is -2.20. The fourth-order valence-corrected chi connectivity index (χ4v) is 2.86. The van der Waals surface area contributed by atoms with Gasteiger partial charge in [-0.1, -0.05) is 0 Å². The van der Waals surface area contributed by atoms with Crippen molar-refractivity contribution in [2.75, 3.05) is 12.3 Å². The lowest BCUT2D eigenvalue weighted by Crippen LogP contribution is -2.25. The maximum atomic E-state index is 12.0. The van der Waals surface area contributed by atoms with Crippen molar-refractivity contribution in [3.63, 3.8) is 0 Å². The lowest BCUT2D eigenvalue weighted by atomic mass is 10.2. The van der Waals surface area contributed by atoms with Crippen LogP contribution in [0.1, 0.15) is 26.5 Å². The molecule has 2 aromatic rings. The number of carbonyl (C=O) groups excluding carboxylic acids is 2. The van der Waals surface area contributed by atoms with E-state index in [1.54, 1.807) is 16.8 Å². The normalized spacial score (nSPS) is 22.9. The minimum Gasteiger partial charge on any atom is -0.463 e. The standard InChI is InChI=1S/C15H18N4O6/c1-7(20)23-6-9-5-11(24-8(2)21)14(25-9)19-4-3-10-12(19)17-15(16)18-13(10)22/h3-4,9,11,14H,5-6H2,1-2H3,(H3,16,17,18,22)/t9-,11+,14+/m0/s1. The van der Waals surface area contributed by atoms with Crippen LogP contribution in [0.15, 0.2) is 17.1 Å². The van der Waals surface area contributed by atoms with Crippen LogP contribution in [-0.4, -0.2) is 45.3 Å². The van der Waals surface area contributed by atoms with Crippen LogP contribution >= 0.6 is 0 Å². The molecule has 0 aromatic carbocycles. The van der Waals surface area contributed by atoms with Crippen LogP contribution in [0.3, 0.4) is 0 Å². The molecular formula is C15H18N4O6. The monoisotopic (exact) mass is 350 g/mol. The summed E-state index contributed by atoms with van der Waals surface area (Å²) in [7, 11) is 0. The van der Waals surface area contributed by atoms with Crippen LogP contribution in [-0.2, 0) is 23.8 Å². The van der Waals surface area contributed by atoms with Gasteiger partial charge in [0.2, 0.25) is 5.95 Å². The molecular weight excluding hydrogens is 332 g/mol. The number of hydrogen-bond acceptors (Lipinski definition) is 8. The van der Waals surface area contributed by atoms with Gasteiger partial charge in [0.1, 0.15) is 12.7 Å². The molecule has 0 amide bonds. The van der Waals surface area contributed by atoms with E-state index in [1.807, 2.05) is 0 Å². The Labute approximate surface area is 141 Å². The fourth-order valence-electron chi connectivity index (χ4n) is 2.86. The first-order valence-electron chi connectivity index (χ1n) is 7.67. The van der Waals surface area contributed by atoms with E-state index in [9.17, 15) is 14.4 Å². The molecule has 0 radical (unpaired) electrons. The van der Waals surface area contributed by atoms with Gasteiger partial charge >= 0.3 is 11.9 Å². The zero-order valence-electron chi connectivity index (χ0n) is 13.7. The first-order chi connectivity index (χ1) is 11.8. The van der Waals surface area contributed by atoms with Crippen molar-refractivity contribution in [2.45, 2.75) is 38.7 Å². The minimum atomic E-state index is -0.712. The van der Waals surface area contributed by atoms with Gasteiger partial charge in [-0.15, -0.1) is 0 Å².